The molecule has 0 spiro atoms. The normalized spacial score (nSPS) is 15.2. The highest BCUT2D eigenvalue weighted by atomic mass is 32.2. The molecule has 4 aromatic rings. The molecule has 0 aliphatic carbocycles. The van der Waals surface area contributed by atoms with Crippen molar-refractivity contribution in [1.82, 2.24) is 4.98 Å². The van der Waals surface area contributed by atoms with Crippen LogP contribution in [0.5, 0.6) is 5.75 Å². The van der Waals surface area contributed by atoms with Gasteiger partial charge in [-0.25, -0.2) is 4.98 Å². The summed E-state index contributed by atoms with van der Waals surface area (Å²) in [6, 6.07) is 18.3. The van der Waals surface area contributed by atoms with Crippen molar-refractivity contribution in [3.8, 4) is 16.5 Å². The van der Waals surface area contributed by atoms with E-state index in [-0.39, 0.29) is 11.7 Å². The Morgan fingerprint density at radius 3 is 2.67 bits per heavy atom. The van der Waals surface area contributed by atoms with Crippen LogP contribution in [0.4, 0.5) is 5.69 Å². The largest absolute Gasteiger partial charge is 0.508 e. The summed E-state index contributed by atoms with van der Waals surface area (Å²) in [6.45, 7) is 0. The minimum Gasteiger partial charge on any atom is -0.508 e. The van der Waals surface area contributed by atoms with Crippen molar-refractivity contribution in [3.63, 3.8) is 0 Å². The second kappa shape index (κ2) is 7.47. The molecular weight excluding hydrogens is 418 g/mol. The number of para-hydroxylation sites is 1. The summed E-state index contributed by atoms with van der Waals surface area (Å²) in [4.78, 5) is 23.4. The minimum atomic E-state index is -0.307. The summed E-state index contributed by atoms with van der Waals surface area (Å²) in [5.41, 5.74) is 1.76. The summed E-state index contributed by atoms with van der Waals surface area (Å²) in [5.74, 6) is 1.12. The van der Waals surface area contributed by atoms with Crippen molar-refractivity contribution in [2.75, 3.05) is 11.9 Å². The van der Waals surface area contributed by atoms with E-state index in [1.165, 1.54) is 11.8 Å². The molecule has 0 atom stereocenters. The number of aliphatic imine (C=N–C) groups is 1. The third-order valence-corrected chi connectivity index (χ3v) is 6.65. The minimum absolute atomic E-state index is 0.187. The van der Waals surface area contributed by atoms with Crippen LogP contribution >= 0.6 is 23.1 Å². The maximum absolute atomic E-state index is 12.4. The molecule has 8 heteroatoms. The first-order valence-corrected chi connectivity index (χ1v) is 10.7. The van der Waals surface area contributed by atoms with Gasteiger partial charge in [-0.05, 0) is 60.3 Å². The molecule has 1 amide bonds. The Kier molecular flexibility index (Phi) is 4.65. The molecule has 5 rings (SSSR count). The molecule has 148 valence electrons. The number of rotatable bonds is 3. The van der Waals surface area contributed by atoms with Crippen LogP contribution in [0.15, 0.2) is 75.0 Å². The number of carbonyl (C=O) groups excluding carboxylic acids is 1. The number of furan rings is 1. The van der Waals surface area contributed by atoms with E-state index >= 15 is 0 Å². The predicted molar refractivity (Wildman–Crippen MR) is 122 cm³/mol. The molecule has 0 saturated heterocycles. The number of fused-ring (bicyclic) bond motifs is 1. The van der Waals surface area contributed by atoms with Crippen LogP contribution in [0.1, 0.15) is 5.76 Å². The zero-order valence-electron chi connectivity index (χ0n) is 15.8. The smallest absolute Gasteiger partial charge is 0.286 e. The monoisotopic (exact) mass is 433 g/mol. The SMILES string of the molecule is CN(C1=NC(=O)/C(=C/c2ccc(-c3nc4ccccc4s3)o2)S1)c1ccc(O)cc1. The zero-order valence-corrected chi connectivity index (χ0v) is 17.4. The molecule has 2 aromatic heterocycles. The number of phenols is 1. The molecule has 0 fully saturated rings. The summed E-state index contributed by atoms with van der Waals surface area (Å²) in [5, 5.41) is 10.8. The van der Waals surface area contributed by atoms with E-state index in [0.717, 1.165) is 20.9 Å². The number of carbonyl (C=O) groups is 1. The summed E-state index contributed by atoms with van der Waals surface area (Å²) in [7, 11) is 1.83. The fourth-order valence-electron chi connectivity index (χ4n) is 2.98. The van der Waals surface area contributed by atoms with Gasteiger partial charge in [0, 0.05) is 18.8 Å². The van der Waals surface area contributed by atoms with Crippen LogP contribution in [0.2, 0.25) is 0 Å². The van der Waals surface area contributed by atoms with Gasteiger partial charge in [0.15, 0.2) is 15.9 Å². The van der Waals surface area contributed by atoms with E-state index in [9.17, 15) is 9.90 Å². The molecule has 3 heterocycles. The Bertz CT molecular complexity index is 1290. The van der Waals surface area contributed by atoms with Gasteiger partial charge in [0.2, 0.25) is 0 Å². The first kappa shape index (κ1) is 18.7. The van der Waals surface area contributed by atoms with Crippen LogP contribution < -0.4 is 4.90 Å². The second-order valence-corrected chi connectivity index (χ2v) is 8.61. The van der Waals surface area contributed by atoms with Gasteiger partial charge in [0.05, 0.1) is 15.1 Å². The molecule has 0 unspecified atom stereocenters. The van der Waals surface area contributed by atoms with Gasteiger partial charge < -0.3 is 14.4 Å². The molecule has 1 N–H and O–H groups in total. The Morgan fingerprint density at radius 1 is 1.07 bits per heavy atom. The molecule has 0 bridgehead atoms. The quantitative estimate of drug-likeness (QED) is 0.438. The predicted octanol–water partition coefficient (Wildman–Crippen LogP) is 5.37. The molecular formula is C22H15N3O3S2. The number of hydrogen-bond acceptors (Lipinski definition) is 7. The van der Waals surface area contributed by atoms with Crippen molar-refractivity contribution in [2.45, 2.75) is 0 Å². The van der Waals surface area contributed by atoms with E-state index in [2.05, 4.69) is 9.98 Å². The van der Waals surface area contributed by atoms with Crippen LogP contribution in [0.25, 0.3) is 27.1 Å². The van der Waals surface area contributed by atoms with Crippen LogP contribution in [-0.2, 0) is 4.79 Å². The van der Waals surface area contributed by atoms with Gasteiger partial charge in [-0.2, -0.15) is 4.99 Å². The number of hydrogen-bond donors (Lipinski definition) is 1. The third kappa shape index (κ3) is 3.51. The molecule has 0 radical (unpaired) electrons. The highest BCUT2D eigenvalue weighted by Gasteiger charge is 2.25. The van der Waals surface area contributed by atoms with Crippen LogP contribution in [0, 0.1) is 0 Å². The van der Waals surface area contributed by atoms with Crippen molar-refractivity contribution in [2.24, 2.45) is 4.99 Å². The Labute approximate surface area is 180 Å². The Hall–Kier alpha value is -3.36. The number of amides is 1. The molecule has 30 heavy (non-hydrogen) atoms. The first-order valence-electron chi connectivity index (χ1n) is 9.08. The maximum atomic E-state index is 12.4. The number of aromatic hydroxyl groups is 1. The van der Waals surface area contributed by atoms with Crippen molar-refractivity contribution in [3.05, 3.63) is 71.3 Å². The zero-order chi connectivity index (χ0) is 20.7. The lowest BCUT2D eigenvalue weighted by Crippen LogP contribution is -2.21. The second-order valence-electron chi connectivity index (χ2n) is 6.57. The Morgan fingerprint density at radius 2 is 1.87 bits per heavy atom. The first-order chi connectivity index (χ1) is 14.6. The fourth-order valence-corrected chi connectivity index (χ4v) is 4.78. The number of benzene rings is 2. The number of anilines is 1. The van der Waals surface area contributed by atoms with Gasteiger partial charge in [-0.1, -0.05) is 12.1 Å². The molecule has 1 aliphatic rings. The van der Waals surface area contributed by atoms with E-state index in [0.29, 0.717) is 21.6 Å². The molecule has 0 saturated carbocycles. The van der Waals surface area contributed by atoms with Gasteiger partial charge in [-0.15, -0.1) is 11.3 Å². The highest BCUT2D eigenvalue weighted by Crippen LogP contribution is 2.35. The molecule has 2 aromatic carbocycles. The molecule has 6 nitrogen and oxygen atoms in total. The van der Waals surface area contributed by atoms with Gasteiger partial charge in [0.25, 0.3) is 5.91 Å². The van der Waals surface area contributed by atoms with E-state index in [4.69, 9.17) is 4.42 Å². The average Bonchev–Trinajstić information content (AvgIpc) is 3.47. The number of phenolic OH excluding ortho intramolecular Hbond substituents is 1. The third-order valence-electron chi connectivity index (χ3n) is 4.54. The summed E-state index contributed by atoms with van der Waals surface area (Å²) < 4.78 is 7.01. The van der Waals surface area contributed by atoms with Crippen LogP contribution in [-0.4, -0.2) is 28.2 Å². The van der Waals surface area contributed by atoms with Crippen molar-refractivity contribution >= 4 is 56.2 Å². The lowest BCUT2D eigenvalue weighted by molar-refractivity contribution is -0.113. The van der Waals surface area contributed by atoms with Gasteiger partial charge in [0.1, 0.15) is 11.5 Å². The lowest BCUT2D eigenvalue weighted by atomic mass is 10.3. The standard InChI is InChI=1S/C22H15N3O3S2/c1-25(13-6-8-14(26)9-7-13)22-24-20(27)19(30-22)12-15-10-11-17(28-15)21-23-16-4-2-3-5-18(16)29-21/h2-12,26H,1H3/b19-12-. The Balaban J connectivity index is 1.36. The number of thiazole rings is 1. The summed E-state index contributed by atoms with van der Waals surface area (Å²) >= 11 is 2.85. The summed E-state index contributed by atoms with van der Waals surface area (Å²) in [6.07, 6.45) is 1.70. The van der Waals surface area contributed by atoms with Crippen molar-refractivity contribution < 1.29 is 14.3 Å². The van der Waals surface area contributed by atoms with Crippen molar-refractivity contribution in [1.29, 1.82) is 0 Å². The number of thioether (sulfide) groups is 1. The number of aromatic nitrogens is 1. The lowest BCUT2D eigenvalue weighted by Gasteiger charge is -2.17. The number of nitrogens with zero attached hydrogens (tertiary/aromatic N) is 3. The van der Waals surface area contributed by atoms with E-state index < -0.39 is 0 Å². The topological polar surface area (TPSA) is 78.9 Å². The van der Waals surface area contributed by atoms with Crippen LogP contribution in [0.3, 0.4) is 0 Å². The van der Waals surface area contributed by atoms with E-state index in [1.807, 2.05) is 43.4 Å². The fraction of sp³-hybridized carbons (Fsp3) is 0.0455. The van der Waals surface area contributed by atoms with E-state index in [1.54, 1.807) is 46.6 Å². The maximum Gasteiger partial charge on any atom is 0.286 e. The molecule has 1 aliphatic heterocycles. The van der Waals surface area contributed by atoms with Gasteiger partial charge >= 0.3 is 0 Å². The number of amidine groups is 1. The highest BCUT2D eigenvalue weighted by molar-refractivity contribution is 8.18. The van der Waals surface area contributed by atoms with Gasteiger partial charge in [-0.3, -0.25) is 4.79 Å². The average molecular weight is 434 g/mol.